The summed E-state index contributed by atoms with van der Waals surface area (Å²) in [5.41, 5.74) is 6.44. The summed E-state index contributed by atoms with van der Waals surface area (Å²) in [4.78, 5) is 4.85. The molecule has 0 amide bonds. The molecule has 1 heterocycles. The van der Waals surface area contributed by atoms with Gasteiger partial charge < -0.3 is 0 Å². The van der Waals surface area contributed by atoms with E-state index in [1.165, 1.54) is 27.9 Å². The number of halogens is 1. The van der Waals surface area contributed by atoms with Crippen molar-refractivity contribution in [1.29, 1.82) is 0 Å². The lowest BCUT2D eigenvalue weighted by Gasteiger charge is -2.29. The number of hydrogen-bond acceptors (Lipinski definition) is 1. The van der Waals surface area contributed by atoms with E-state index in [-0.39, 0.29) is 10.8 Å². The summed E-state index contributed by atoms with van der Waals surface area (Å²) >= 11 is 6.22. The maximum Gasteiger partial charge on any atom is 0.0431 e. The van der Waals surface area contributed by atoms with Gasteiger partial charge in [0.25, 0.3) is 0 Å². The Bertz CT molecular complexity index is 986. The molecule has 0 bridgehead atoms. The van der Waals surface area contributed by atoms with Crippen molar-refractivity contribution in [2.45, 2.75) is 71.1 Å². The SMILES string of the molecule is Cc1ccccc1C(C)(C)CCC(C)c1ccc(C(C)(C)c2cccc(Cl)c2)cn1. The predicted octanol–water partition coefficient (Wildman–Crippen LogP) is 8.23. The highest BCUT2D eigenvalue weighted by atomic mass is 35.5. The van der Waals surface area contributed by atoms with Gasteiger partial charge in [-0.05, 0) is 71.6 Å². The van der Waals surface area contributed by atoms with Crippen molar-refractivity contribution < 1.29 is 0 Å². The number of rotatable bonds is 7. The molecule has 1 aromatic heterocycles. The summed E-state index contributed by atoms with van der Waals surface area (Å²) in [5, 5.41) is 0.773. The highest BCUT2D eigenvalue weighted by Gasteiger charge is 2.25. The van der Waals surface area contributed by atoms with Crippen LogP contribution in [0.5, 0.6) is 0 Å². The predicted molar refractivity (Wildman–Crippen MR) is 130 cm³/mol. The first-order chi connectivity index (χ1) is 14.1. The van der Waals surface area contributed by atoms with Crippen molar-refractivity contribution in [2.24, 2.45) is 0 Å². The van der Waals surface area contributed by atoms with Crippen LogP contribution >= 0.6 is 11.6 Å². The molecule has 0 saturated carbocycles. The second kappa shape index (κ2) is 8.94. The number of hydrogen-bond donors (Lipinski definition) is 0. The lowest BCUT2D eigenvalue weighted by molar-refractivity contribution is 0.435. The Balaban J connectivity index is 1.71. The smallest absolute Gasteiger partial charge is 0.0431 e. The zero-order chi connectivity index (χ0) is 21.9. The molecule has 3 aromatic rings. The fraction of sp³-hybridized carbons (Fsp3) is 0.393. The van der Waals surface area contributed by atoms with Crippen LogP contribution in [0.3, 0.4) is 0 Å². The molecule has 0 spiro atoms. The van der Waals surface area contributed by atoms with E-state index >= 15 is 0 Å². The average Bonchev–Trinajstić information content (AvgIpc) is 2.72. The fourth-order valence-electron chi connectivity index (χ4n) is 4.30. The molecular formula is C28H34ClN. The Morgan fingerprint density at radius 2 is 1.63 bits per heavy atom. The minimum absolute atomic E-state index is 0.132. The van der Waals surface area contributed by atoms with Gasteiger partial charge in [0.15, 0.2) is 0 Å². The van der Waals surface area contributed by atoms with E-state index in [4.69, 9.17) is 16.6 Å². The largest absolute Gasteiger partial charge is 0.261 e. The van der Waals surface area contributed by atoms with Gasteiger partial charge in [-0.3, -0.25) is 4.98 Å². The monoisotopic (exact) mass is 419 g/mol. The Hall–Kier alpha value is -2.12. The molecule has 0 radical (unpaired) electrons. The van der Waals surface area contributed by atoms with Crippen LogP contribution in [0.2, 0.25) is 5.02 Å². The van der Waals surface area contributed by atoms with Crippen LogP contribution in [0.25, 0.3) is 0 Å². The molecule has 0 N–H and O–H groups in total. The second-order valence-electron chi connectivity index (χ2n) is 9.75. The molecule has 1 nitrogen and oxygen atoms in total. The molecule has 2 aromatic carbocycles. The van der Waals surface area contributed by atoms with E-state index in [0.29, 0.717) is 5.92 Å². The Morgan fingerprint density at radius 3 is 2.27 bits per heavy atom. The zero-order valence-corrected chi connectivity index (χ0v) is 19.9. The molecule has 30 heavy (non-hydrogen) atoms. The summed E-state index contributed by atoms with van der Waals surface area (Å²) in [7, 11) is 0. The van der Waals surface area contributed by atoms with Crippen LogP contribution in [0.15, 0.2) is 66.9 Å². The maximum atomic E-state index is 6.22. The first-order valence-electron chi connectivity index (χ1n) is 10.9. The standard InChI is InChI=1S/C28H34ClN/c1-20-10-7-8-13-25(20)27(3,4)17-16-21(2)26-15-14-23(19-30-26)28(5,6)22-11-9-12-24(29)18-22/h7-15,18-19,21H,16-17H2,1-6H3. The van der Waals surface area contributed by atoms with E-state index in [1.807, 2.05) is 24.4 Å². The minimum atomic E-state index is -0.132. The van der Waals surface area contributed by atoms with Crippen molar-refractivity contribution >= 4 is 11.6 Å². The van der Waals surface area contributed by atoms with Crippen LogP contribution in [0.4, 0.5) is 0 Å². The molecule has 158 valence electrons. The molecule has 1 atom stereocenters. The third kappa shape index (κ3) is 4.95. The highest BCUT2D eigenvalue weighted by molar-refractivity contribution is 6.30. The summed E-state index contributed by atoms with van der Waals surface area (Å²) in [5.74, 6) is 0.427. The number of benzene rings is 2. The molecule has 0 aliphatic heterocycles. The summed E-state index contributed by atoms with van der Waals surface area (Å²) < 4.78 is 0. The molecule has 1 unspecified atom stereocenters. The van der Waals surface area contributed by atoms with Gasteiger partial charge in [0, 0.05) is 22.3 Å². The number of aryl methyl sites for hydroxylation is 1. The third-order valence-corrected chi connectivity index (χ3v) is 6.87. The lowest BCUT2D eigenvalue weighted by Crippen LogP contribution is -2.20. The first-order valence-corrected chi connectivity index (χ1v) is 11.3. The van der Waals surface area contributed by atoms with Crippen molar-refractivity contribution in [3.8, 4) is 0 Å². The summed E-state index contributed by atoms with van der Waals surface area (Å²) in [6.45, 7) is 13.7. The number of aromatic nitrogens is 1. The van der Waals surface area contributed by atoms with E-state index in [1.54, 1.807) is 0 Å². The van der Waals surface area contributed by atoms with Gasteiger partial charge in [0.1, 0.15) is 0 Å². The average molecular weight is 420 g/mol. The fourth-order valence-corrected chi connectivity index (χ4v) is 4.49. The van der Waals surface area contributed by atoms with Crippen molar-refractivity contribution in [1.82, 2.24) is 4.98 Å². The molecule has 0 aliphatic carbocycles. The van der Waals surface area contributed by atoms with Crippen LogP contribution in [0.1, 0.15) is 81.3 Å². The second-order valence-corrected chi connectivity index (χ2v) is 10.2. The van der Waals surface area contributed by atoms with Crippen LogP contribution in [-0.2, 0) is 10.8 Å². The Labute approximate surface area is 187 Å². The molecule has 0 aliphatic rings. The third-order valence-electron chi connectivity index (χ3n) is 6.64. The van der Waals surface area contributed by atoms with Crippen molar-refractivity contribution in [3.63, 3.8) is 0 Å². The lowest BCUT2D eigenvalue weighted by atomic mass is 9.76. The highest BCUT2D eigenvalue weighted by Crippen LogP contribution is 2.35. The molecule has 3 rings (SSSR count). The van der Waals surface area contributed by atoms with Crippen LogP contribution < -0.4 is 0 Å². The molecular weight excluding hydrogens is 386 g/mol. The van der Waals surface area contributed by atoms with Crippen LogP contribution in [0, 0.1) is 6.92 Å². The zero-order valence-electron chi connectivity index (χ0n) is 19.2. The molecule has 0 saturated heterocycles. The summed E-state index contributed by atoms with van der Waals surface area (Å²) in [6, 6.07) is 21.3. The number of pyridine rings is 1. The van der Waals surface area contributed by atoms with Gasteiger partial charge >= 0.3 is 0 Å². The van der Waals surface area contributed by atoms with E-state index in [9.17, 15) is 0 Å². The topological polar surface area (TPSA) is 12.9 Å². The van der Waals surface area contributed by atoms with Gasteiger partial charge in [-0.1, -0.05) is 88.7 Å². The molecule has 0 fully saturated rings. The normalized spacial score (nSPS) is 13.3. The maximum absolute atomic E-state index is 6.22. The number of nitrogens with zero attached hydrogens (tertiary/aromatic N) is 1. The van der Waals surface area contributed by atoms with Crippen molar-refractivity contribution in [3.05, 3.63) is 99.8 Å². The van der Waals surface area contributed by atoms with Crippen molar-refractivity contribution in [2.75, 3.05) is 0 Å². The Kier molecular flexibility index (Phi) is 6.72. The van der Waals surface area contributed by atoms with Gasteiger partial charge in [0.2, 0.25) is 0 Å². The quantitative estimate of drug-likeness (QED) is 0.375. The first kappa shape index (κ1) is 22.6. The van der Waals surface area contributed by atoms with Gasteiger partial charge in [-0.15, -0.1) is 0 Å². The van der Waals surface area contributed by atoms with E-state index in [2.05, 4.69) is 84.0 Å². The van der Waals surface area contributed by atoms with Crippen LogP contribution in [-0.4, -0.2) is 4.98 Å². The molecule has 2 heteroatoms. The van der Waals surface area contributed by atoms with Gasteiger partial charge in [-0.25, -0.2) is 0 Å². The van der Waals surface area contributed by atoms with E-state index < -0.39 is 0 Å². The minimum Gasteiger partial charge on any atom is -0.261 e. The Morgan fingerprint density at radius 1 is 0.900 bits per heavy atom. The van der Waals surface area contributed by atoms with Gasteiger partial charge in [0.05, 0.1) is 0 Å². The summed E-state index contributed by atoms with van der Waals surface area (Å²) in [6.07, 6.45) is 4.29. The van der Waals surface area contributed by atoms with Gasteiger partial charge in [-0.2, -0.15) is 0 Å². The van der Waals surface area contributed by atoms with E-state index in [0.717, 1.165) is 17.9 Å².